The third-order valence-corrected chi connectivity index (χ3v) is 5.53. The topological polar surface area (TPSA) is 44.3 Å². The van der Waals surface area contributed by atoms with Crippen molar-refractivity contribution in [3.8, 4) is 0 Å². The number of rotatable bonds is 4. The van der Waals surface area contributed by atoms with Crippen LogP contribution in [-0.2, 0) is 0 Å². The lowest BCUT2D eigenvalue weighted by Crippen LogP contribution is -2.47. The molecule has 5 nitrogen and oxygen atoms in total. The summed E-state index contributed by atoms with van der Waals surface area (Å²) in [5.41, 5.74) is 6.34. The van der Waals surface area contributed by atoms with E-state index in [0.29, 0.717) is 0 Å². The number of benzene rings is 2. The second kappa shape index (κ2) is 7.89. The maximum Gasteiger partial charge on any atom is 0.227 e. The van der Waals surface area contributed by atoms with E-state index < -0.39 is 0 Å². The molecule has 1 aliphatic rings. The van der Waals surface area contributed by atoms with Gasteiger partial charge >= 0.3 is 0 Å². The van der Waals surface area contributed by atoms with Gasteiger partial charge in [-0.15, -0.1) is 0 Å². The van der Waals surface area contributed by atoms with Gasteiger partial charge in [-0.2, -0.15) is 4.98 Å². The summed E-state index contributed by atoms with van der Waals surface area (Å²) in [5, 5.41) is 3.41. The molecule has 1 aromatic heterocycles. The average molecular weight is 374 g/mol. The molecular formula is C23H27N5. The molecule has 28 heavy (non-hydrogen) atoms. The minimum atomic E-state index is 0.791. The molecular weight excluding hydrogens is 346 g/mol. The summed E-state index contributed by atoms with van der Waals surface area (Å²) in [4.78, 5) is 14.0. The van der Waals surface area contributed by atoms with Gasteiger partial charge in [-0.1, -0.05) is 30.3 Å². The highest BCUT2D eigenvalue weighted by molar-refractivity contribution is 5.61. The van der Waals surface area contributed by atoms with E-state index in [1.165, 1.54) is 22.4 Å². The van der Waals surface area contributed by atoms with Crippen molar-refractivity contribution in [2.45, 2.75) is 20.8 Å². The van der Waals surface area contributed by atoms with Crippen LogP contribution >= 0.6 is 0 Å². The van der Waals surface area contributed by atoms with E-state index in [4.69, 9.17) is 4.98 Å². The number of hydrogen-bond acceptors (Lipinski definition) is 5. The first kappa shape index (κ1) is 18.3. The summed E-state index contributed by atoms with van der Waals surface area (Å²) in [6, 6.07) is 16.7. The van der Waals surface area contributed by atoms with Crippen LogP contribution in [0.2, 0.25) is 0 Å². The van der Waals surface area contributed by atoms with Crippen molar-refractivity contribution in [2.75, 3.05) is 41.3 Å². The molecule has 4 rings (SSSR count). The first-order valence-corrected chi connectivity index (χ1v) is 9.83. The smallest absolute Gasteiger partial charge is 0.227 e. The quantitative estimate of drug-likeness (QED) is 0.731. The van der Waals surface area contributed by atoms with E-state index in [1.807, 2.05) is 24.4 Å². The predicted octanol–water partition coefficient (Wildman–Crippen LogP) is 4.47. The van der Waals surface area contributed by atoms with Crippen LogP contribution in [0.5, 0.6) is 0 Å². The van der Waals surface area contributed by atoms with E-state index in [0.717, 1.165) is 43.6 Å². The molecule has 0 unspecified atom stereocenters. The third-order valence-electron chi connectivity index (χ3n) is 5.53. The fraction of sp³-hybridized carbons (Fsp3) is 0.304. The summed E-state index contributed by atoms with van der Waals surface area (Å²) in [6.45, 7) is 10.3. The average Bonchev–Trinajstić information content (AvgIpc) is 2.72. The van der Waals surface area contributed by atoms with Gasteiger partial charge in [-0.25, -0.2) is 4.98 Å². The molecule has 1 fully saturated rings. The largest absolute Gasteiger partial charge is 0.368 e. The lowest BCUT2D eigenvalue weighted by molar-refractivity contribution is 0.639. The Bertz CT molecular complexity index is 961. The van der Waals surface area contributed by atoms with Crippen LogP contribution in [0.25, 0.3) is 0 Å². The summed E-state index contributed by atoms with van der Waals surface area (Å²) < 4.78 is 0. The number of aryl methyl sites for hydroxylation is 2. The van der Waals surface area contributed by atoms with Crippen LogP contribution in [0.3, 0.4) is 0 Å². The van der Waals surface area contributed by atoms with Gasteiger partial charge in [0, 0.05) is 43.8 Å². The Balaban J connectivity index is 1.45. The number of anilines is 4. The molecule has 2 aromatic carbocycles. The van der Waals surface area contributed by atoms with Gasteiger partial charge in [0.05, 0.1) is 0 Å². The first-order valence-electron chi connectivity index (χ1n) is 9.83. The normalized spacial score (nSPS) is 14.2. The summed E-state index contributed by atoms with van der Waals surface area (Å²) in [5.74, 6) is 1.62. The molecule has 5 heteroatoms. The maximum absolute atomic E-state index is 4.75. The van der Waals surface area contributed by atoms with Crippen molar-refractivity contribution >= 4 is 23.1 Å². The van der Waals surface area contributed by atoms with Crippen LogP contribution in [0.4, 0.5) is 23.1 Å². The van der Waals surface area contributed by atoms with Gasteiger partial charge in [-0.05, 0) is 55.7 Å². The highest BCUT2D eigenvalue weighted by Gasteiger charge is 2.20. The molecule has 2 heterocycles. The molecule has 0 aliphatic carbocycles. The Kier molecular flexibility index (Phi) is 5.15. The molecule has 0 radical (unpaired) electrons. The Morgan fingerprint density at radius 3 is 2.29 bits per heavy atom. The Hall–Kier alpha value is -3.08. The van der Waals surface area contributed by atoms with E-state index in [1.54, 1.807) is 0 Å². The molecule has 1 N–H and O–H groups in total. The van der Waals surface area contributed by atoms with Gasteiger partial charge in [0.1, 0.15) is 5.82 Å². The molecule has 0 spiro atoms. The van der Waals surface area contributed by atoms with Crippen LogP contribution in [0.1, 0.15) is 16.7 Å². The molecule has 0 bridgehead atoms. The zero-order valence-electron chi connectivity index (χ0n) is 16.8. The molecule has 0 amide bonds. The van der Waals surface area contributed by atoms with Crippen LogP contribution in [0, 0.1) is 20.8 Å². The highest BCUT2D eigenvalue weighted by Crippen LogP contribution is 2.25. The van der Waals surface area contributed by atoms with Crippen molar-refractivity contribution in [3.63, 3.8) is 0 Å². The van der Waals surface area contributed by atoms with Gasteiger partial charge in [0.25, 0.3) is 0 Å². The minimum absolute atomic E-state index is 0.791. The number of aromatic nitrogens is 2. The van der Waals surface area contributed by atoms with Crippen molar-refractivity contribution in [2.24, 2.45) is 0 Å². The predicted molar refractivity (Wildman–Crippen MR) is 117 cm³/mol. The standard InChI is InChI=1S/C23H27N5/c1-17-8-6-10-21(19(17)3)27-13-15-28(16-14-27)23-24-12-11-22(26-23)25-20-9-5-4-7-18(20)2/h4-12H,13-16H2,1-3H3,(H,24,25,26). The molecule has 0 atom stereocenters. The van der Waals surface area contributed by atoms with Crippen LogP contribution < -0.4 is 15.1 Å². The zero-order chi connectivity index (χ0) is 19.5. The first-order chi connectivity index (χ1) is 13.6. The van der Waals surface area contributed by atoms with Crippen molar-refractivity contribution in [1.29, 1.82) is 0 Å². The summed E-state index contributed by atoms with van der Waals surface area (Å²) >= 11 is 0. The number of nitrogens with zero attached hydrogens (tertiary/aromatic N) is 4. The number of para-hydroxylation sites is 1. The van der Waals surface area contributed by atoms with Crippen LogP contribution in [0.15, 0.2) is 54.7 Å². The SMILES string of the molecule is Cc1ccccc1Nc1ccnc(N2CCN(c3cccc(C)c3C)CC2)n1. The Morgan fingerprint density at radius 2 is 1.50 bits per heavy atom. The fourth-order valence-electron chi connectivity index (χ4n) is 3.65. The lowest BCUT2D eigenvalue weighted by Gasteiger charge is -2.37. The molecule has 1 aliphatic heterocycles. The Morgan fingerprint density at radius 1 is 0.786 bits per heavy atom. The van der Waals surface area contributed by atoms with Gasteiger partial charge in [0.15, 0.2) is 0 Å². The summed E-state index contributed by atoms with van der Waals surface area (Å²) in [7, 11) is 0. The van der Waals surface area contributed by atoms with E-state index >= 15 is 0 Å². The van der Waals surface area contributed by atoms with E-state index in [9.17, 15) is 0 Å². The zero-order valence-corrected chi connectivity index (χ0v) is 16.8. The summed E-state index contributed by atoms with van der Waals surface area (Å²) in [6.07, 6.45) is 1.83. The van der Waals surface area contributed by atoms with Crippen molar-refractivity contribution in [3.05, 3.63) is 71.4 Å². The van der Waals surface area contributed by atoms with Gasteiger partial charge in [-0.3, -0.25) is 0 Å². The highest BCUT2D eigenvalue weighted by atomic mass is 15.3. The van der Waals surface area contributed by atoms with E-state index in [2.05, 4.69) is 71.2 Å². The third kappa shape index (κ3) is 3.79. The number of piperazine rings is 1. The minimum Gasteiger partial charge on any atom is -0.368 e. The molecule has 144 valence electrons. The molecule has 0 saturated carbocycles. The maximum atomic E-state index is 4.75. The van der Waals surface area contributed by atoms with Crippen molar-refractivity contribution < 1.29 is 0 Å². The number of nitrogens with one attached hydrogen (secondary N) is 1. The van der Waals surface area contributed by atoms with E-state index in [-0.39, 0.29) is 0 Å². The van der Waals surface area contributed by atoms with Crippen LogP contribution in [-0.4, -0.2) is 36.1 Å². The van der Waals surface area contributed by atoms with Gasteiger partial charge < -0.3 is 15.1 Å². The number of hydrogen-bond donors (Lipinski definition) is 1. The second-order valence-electron chi connectivity index (χ2n) is 7.37. The van der Waals surface area contributed by atoms with Gasteiger partial charge in [0.2, 0.25) is 5.95 Å². The second-order valence-corrected chi connectivity index (χ2v) is 7.37. The Labute approximate surface area is 167 Å². The van der Waals surface area contributed by atoms with Crippen molar-refractivity contribution in [1.82, 2.24) is 9.97 Å². The fourth-order valence-corrected chi connectivity index (χ4v) is 3.65. The molecule has 3 aromatic rings. The monoisotopic (exact) mass is 373 g/mol. The molecule has 1 saturated heterocycles. The lowest BCUT2D eigenvalue weighted by atomic mass is 10.1.